The molecular formula is C26H40NO4+. The maximum absolute atomic E-state index is 12.7. The number of morpholine rings is 1. The number of esters is 1. The highest BCUT2D eigenvalue weighted by molar-refractivity contribution is 5.91. The van der Waals surface area contributed by atoms with Gasteiger partial charge in [0.05, 0.1) is 26.2 Å². The van der Waals surface area contributed by atoms with Gasteiger partial charge in [0.25, 0.3) is 0 Å². The summed E-state index contributed by atoms with van der Waals surface area (Å²) in [6, 6.07) is 0. The summed E-state index contributed by atoms with van der Waals surface area (Å²) < 4.78 is 11.6. The van der Waals surface area contributed by atoms with E-state index in [0.717, 1.165) is 70.9 Å². The lowest BCUT2D eigenvalue weighted by molar-refractivity contribution is -0.907. The van der Waals surface area contributed by atoms with E-state index in [0.29, 0.717) is 24.0 Å². The first-order chi connectivity index (χ1) is 14.9. The molecule has 5 aliphatic rings. The van der Waals surface area contributed by atoms with Crippen LogP contribution in [0.4, 0.5) is 0 Å². The molecule has 5 rings (SSSR count). The molecule has 172 valence electrons. The van der Waals surface area contributed by atoms with Crippen molar-refractivity contribution in [3.8, 4) is 0 Å². The number of ketones is 1. The summed E-state index contributed by atoms with van der Waals surface area (Å²) >= 11 is 0. The Morgan fingerprint density at radius 2 is 1.90 bits per heavy atom. The molecule has 1 N–H and O–H groups in total. The molecule has 4 aliphatic carbocycles. The van der Waals surface area contributed by atoms with E-state index >= 15 is 0 Å². The third kappa shape index (κ3) is 3.80. The molecule has 31 heavy (non-hydrogen) atoms. The molecule has 5 heteroatoms. The zero-order valence-electron chi connectivity index (χ0n) is 19.4. The maximum atomic E-state index is 12.7. The van der Waals surface area contributed by atoms with Gasteiger partial charge in [-0.05, 0) is 74.2 Å². The molecule has 0 amide bonds. The zero-order valence-corrected chi connectivity index (χ0v) is 19.4. The van der Waals surface area contributed by atoms with Crippen LogP contribution in [-0.4, -0.2) is 50.7 Å². The van der Waals surface area contributed by atoms with Crippen LogP contribution >= 0.6 is 0 Å². The summed E-state index contributed by atoms with van der Waals surface area (Å²) in [5.74, 6) is 2.40. The van der Waals surface area contributed by atoms with E-state index in [1.165, 1.54) is 29.7 Å². The highest BCUT2D eigenvalue weighted by atomic mass is 16.5. The van der Waals surface area contributed by atoms with Crippen molar-refractivity contribution in [2.45, 2.75) is 77.7 Å². The highest BCUT2D eigenvalue weighted by Crippen LogP contribution is 2.65. The predicted molar refractivity (Wildman–Crippen MR) is 118 cm³/mol. The molecule has 0 aromatic heterocycles. The van der Waals surface area contributed by atoms with Crippen molar-refractivity contribution in [2.24, 2.45) is 28.6 Å². The van der Waals surface area contributed by atoms with Crippen molar-refractivity contribution >= 4 is 11.8 Å². The van der Waals surface area contributed by atoms with Crippen LogP contribution in [0.1, 0.15) is 71.6 Å². The van der Waals surface area contributed by atoms with E-state index in [-0.39, 0.29) is 22.9 Å². The van der Waals surface area contributed by atoms with Crippen LogP contribution in [0.3, 0.4) is 0 Å². The lowest BCUT2D eigenvalue weighted by Gasteiger charge is -2.57. The topological polar surface area (TPSA) is 57.0 Å². The number of fused-ring (bicyclic) bond motifs is 5. The number of carbonyl (C=O) groups excluding carboxylic acids is 2. The summed E-state index contributed by atoms with van der Waals surface area (Å²) in [5.41, 5.74) is 1.78. The summed E-state index contributed by atoms with van der Waals surface area (Å²) in [5, 5.41) is 0. The Labute approximate surface area is 186 Å². The van der Waals surface area contributed by atoms with E-state index in [1.54, 1.807) is 0 Å². The number of hydrogen-bond donors (Lipinski definition) is 1. The molecule has 0 bridgehead atoms. The Kier molecular flexibility index (Phi) is 5.79. The summed E-state index contributed by atoms with van der Waals surface area (Å²) in [6.07, 6.45) is 11.2. The van der Waals surface area contributed by atoms with Gasteiger partial charge in [0.15, 0.2) is 5.78 Å². The molecule has 3 saturated carbocycles. The summed E-state index contributed by atoms with van der Waals surface area (Å²) in [6.45, 7) is 9.32. The fourth-order valence-corrected chi connectivity index (χ4v) is 8.11. The number of rotatable bonds is 4. The van der Waals surface area contributed by atoms with Crippen LogP contribution in [0.25, 0.3) is 0 Å². The van der Waals surface area contributed by atoms with Crippen molar-refractivity contribution in [3.63, 3.8) is 0 Å². The molecule has 5 nitrogen and oxygen atoms in total. The van der Waals surface area contributed by atoms with E-state index in [4.69, 9.17) is 9.47 Å². The lowest BCUT2D eigenvalue weighted by Crippen LogP contribution is -3.14. The monoisotopic (exact) mass is 430 g/mol. The first-order valence-electron chi connectivity index (χ1n) is 12.7. The first kappa shape index (κ1) is 21.6. The fraction of sp³-hybridized carbons (Fsp3) is 0.846. The van der Waals surface area contributed by atoms with Gasteiger partial charge in [-0.3, -0.25) is 9.59 Å². The number of nitrogens with one attached hydrogen (secondary N) is 1. The molecule has 0 unspecified atom stereocenters. The lowest BCUT2D eigenvalue weighted by atomic mass is 9.47. The van der Waals surface area contributed by atoms with E-state index in [1.807, 2.05) is 6.08 Å². The number of carbonyl (C=O) groups is 2. The Bertz CT molecular complexity index is 757. The molecule has 0 aromatic carbocycles. The second kappa shape index (κ2) is 8.30. The van der Waals surface area contributed by atoms with Gasteiger partial charge in [0, 0.05) is 11.8 Å². The minimum atomic E-state index is -0.000362. The molecular weight excluding hydrogens is 390 g/mol. The molecule has 0 radical (unpaired) electrons. The van der Waals surface area contributed by atoms with Crippen LogP contribution in [-0.2, 0) is 19.1 Å². The maximum Gasteiger partial charge on any atom is 0.311 e. The van der Waals surface area contributed by atoms with Gasteiger partial charge in [-0.15, -0.1) is 0 Å². The standard InChI is InChI=1S/C26H39NO4/c1-25-10-7-19(28)17-18(25)3-4-20-21-5-6-23(26(21,2)11-8-22(20)25)31-24(29)9-12-27-13-15-30-16-14-27/h17,20-23H,3-16H2,1-2H3/p+1/t20-,21+,22-,23+,25+,26+/m1/s1. The zero-order chi connectivity index (χ0) is 21.6. The highest BCUT2D eigenvalue weighted by Gasteiger charge is 2.59. The van der Waals surface area contributed by atoms with Gasteiger partial charge < -0.3 is 14.4 Å². The first-order valence-corrected chi connectivity index (χ1v) is 12.7. The van der Waals surface area contributed by atoms with Crippen molar-refractivity contribution in [1.29, 1.82) is 0 Å². The fourth-order valence-electron chi connectivity index (χ4n) is 8.11. The molecule has 1 aliphatic heterocycles. The van der Waals surface area contributed by atoms with Crippen molar-refractivity contribution in [3.05, 3.63) is 11.6 Å². The number of hydrogen-bond acceptors (Lipinski definition) is 4. The quantitative estimate of drug-likeness (QED) is 0.697. The van der Waals surface area contributed by atoms with Crippen molar-refractivity contribution in [1.82, 2.24) is 0 Å². The Morgan fingerprint density at radius 3 is 2.71 bits per heavy atom. The average molecular weight is 431 g/mol. The predicted octanol–water partition coefficient (Wildman–Crippen LogP) is 2.74. The van der Waals surface area contributed by atoms with Gasteiger partial charge in [-0.1, -0.05) is 19.4 Å². The number of quaternary nitrogens is 1. The minimum absolute atomic E-state index is 0.000362. The third-order valence-electron chi connectivity index (χ3n) is 10.0. The van der Waals surface area contributed by atoms with E-state index < -0.39 is 0 Å². The van der Waals surface area contributed by atoms with Gasteiger partial charge in [0.2, 0.25) is 0 Å². The molecule has 0 spiro atoms. The number of ether oxygens (including phenoxy) is 2. The van der Waals surface area contributed by atoms with Gasteiger partial charge in [-0.2, -0.15) is 0 Å². The van der Waals surface area contributed by atoms with Crippen LogP contribution in [0.5, 0.6) is 0 Å². The summed E-state index contributed by atoms with van der Waals surface area (Å²) in [4.78, 5) is 26.2. The summed E-state index contributed by atoms with van der Waals surface area (Å²) in [7, 11) is 0. The van der Waals surface area contributed by atoms with Gasteiger partial charge >= 0.3 is 5.97 Å². The molecule has 0 aromatic rings. The van der Waals surface area contributed by atoms with Gasteiger partial charge in [-0.25, -0.2) is 0 Å². The minimum Gasteiger partial charge on any atom is -0.462 e. The van der Waals surface area contributed by atoms with Crippen LogP contribution in [0, 0.1) is 28.6 Å². The van der Waals surface area contributed by atoms with Gasteiger partial charge in [0.1, 0.15) is 19.2 Å². The second-order valence-electron chi connectivity index (χ2n) is 11.4. The normalized spacial score (nSPS) is 42.9. The van der Waals surface area contributed by atoms with Crippen molar-refractivity contribution in [2.75, 3.05) is 32.8 Å². The Morgan fingerprint density at radius 1 is 1.10 bits per heavy atom. The second-order valence-corrected chi connectivity index (χ2v) is 11.4. The Balaban J connectivity index is 1.23. The number of allylic oxidation sites excluding steroid dienone is 1. The molecule has 4 fully saturated rings. The molecule has 1 saturated heterocycles. The van der Waals surface area contributed by atoms with E-state index in [9.17, 15) is 9.59 Å². The molecule has 1 heterocycles. The SMILES string of the molecule is C[C@]12CC[C@@H]3[C@H](CCC4=CC(=O)CC[C@@]43C)[C@@H]1CC[C@@H]2OC(=O)CC[NH+]1CCOCC1. The van der Waals surface area contributed by atoms with Crippen LogP contribution in [0.2, 0.25) is 0 Å². The molecule has 6 atom stereocenters. The largest absolute Gasteiger partial charge is 0.462 e. The van der Waals surface area contributed by atoms with Crippen LogP contribution in [0.15, 0.2) is 11.6 Å². The van der Waals surface area contributed by atoms with Crippen LogP contribution < -0.4 is 4.90 Å². The third-order valence-corrected chi connectivity index (χ3v) is 10.0. The average Bonchev–Trinajstić information content (AvgIpc) is 3.10. The smallest absolute Gasteiger partial charge is 0.311 e. The van der Waals surface area contributed by atoms with Crippen molar-refractivity contribution < 1.29 is 24.0 Å². The Hall–Kier alpha value is -1.20. The van der Waals surface area contributed by atoms with E-state index in [2.05, 4.69) is 13.8 Å².